The molecule has 112 valence electrons. The average molecular weight is 276 g/mol. The monoisotopic (exact) mass is 276 g/mol. The largest absolute Gasteiger partial charge is 0.388 e. The molecule has 0 amide bonds. The second kappa shape index (κ2) is 6.15. The number of para-hydroxylation sites is 1. The summed E-state index contributed by atoms with van der Waals surface area (Å²) in [6, 6.07) is 9.00. The van der Waals surface area contributed by atoms with E-state index in [9.17, 15) is 5.11 Å². The zero-order valence-corrected chi connectivity index (χ0v) is 13.2. The molecule has 20 heavy (non-hydrogen) atoms. The standard InChI is InChI=1S/C17H28N2O/c1-13(2)17(3,20)12-19-11-7-9-15(18-4)14-8-5-6-10-16(14)19/h5-6,8,10,13,15,18,20H,7,9,11-12H2,1-4H3. The minimum atomic E-state index is -0.660. The zero-order valence-electron chi connectivity index (χ0n) is 13.2. The van der Waals surface area contributed by atoms with Crippen LogP contribution in [-0.4, -0.2) is 30.8 Å². The molecule has 2 unspecified atom stereocenters. The van der Waals surface area contributed by atoms with Crippen molar-refractivity contribution in [2.75, 3.05) is 25.0 Å². The molecule has 0 aliphatic carbocycles. The summed E-state index contributed by atoms with van der Waals surface area (Å²) < 4.78 is 0. The van der Waals surface area contributed by atoms with Crippen LogP contribution in [0.5, 0.6) is 0 Å². The molecule has 3 heteroatoms. The second-order valence-corrected chi connectivity index (χ2v) is 6.48. The molecule has 1 aromatic rings. The van der Waals surface area contributed by atoms with E-state index in [0.717, 1.165) is 19.4 Å². The number of benzene rings is 1. The number of rotatable bonds is 4. The van der Waals surface area contributed by atoms with E-state index in [-0.39, 0.29) is 5.92 Å². The molecule has 0 radical (unpaired) electrons. The van der Waals surface area contributed by atoms with Crippen molar-refractivity contribution in [3.8, 4) is 0 Å². The first-order chi connectivity index (χ1) is 9.45. The topological polar surface area (TPSA) is 35.5 Å². The zero-order chi connectivity index (χ0) is 14.8. The maximum Gasteiger partial charge on any atom is 0.0816 e. The van der Waals surface area contributed by atoms with Gasteiger partial charge in [-0.15, -0.1) is 0 Å². The summed E-state index contributed by atoms with van der Waals surface area (Å²) in [6.45, 7) is 7.82. The molecule has 0 aromatic heterocycles. The van der Waals surface area contributed by atoms with Gasteiger partial charge in [-0.05, 0) is 44.4 Å². The third-order valence-electron chi connectivity index (χ3n) is 4.68. The molecule has 1 aliphatic rings. The SMILES string of the molecule is CNC1CCCN(CC(C)(O)C(C)C)c2ccccc21. The van der Waals surface area contributed by atoms with Crippen LogP contribution < -0.4 is 10.2 Å². The molecule has 1 aliphatic heterocycles. The summed E-state index contributed by atoms with van der Waals surface area (Å²) in [4.78, 5) is 2.35. The highest BCUT2D eigenvalue weighted by atomic mass is 16.3. The van der Waals surface area contributed by atoms with Crippen LogP contribution in [0.15, 0.2) is 24.3 Å². The van der Waals surface area contributed by atoms with Gasteiger partial charge < -0.3 is 15.3 Å². The van der Waals surface area contributed by atoms with Crippen molar-refractivity contribution in [1.29, 1.82) is 0 Å². The number of fused-ring (bicyclic) bond motifs is 1. The van der Waals surface area contributed by atoms with Crippen molar-refractivity contribution >= 4 is 5.69 Å². The lowest BCUT2D eigenvalue weighted by Crippen LogP contribution is -2.45. The van der Waals surface area contributed by atoms with E-state index in [4.69, 9.17) is 0 Å². The average Bonchev–Trinajstić information content (AvgIpc) is 2.58. The fraction of sp³-hybridized carbons (Fsp3) is 0.647. The molecule has 2 atom stereocenters. The molecule has 0 bridgehead atoms. The Morgan fingerprint density at radius 3 is 2.75 bits per heavy atom. The molecule has 3 nitrogen and oxygen atoms in total. The van der Waals surface area contributed by atoms with Crippen LogP contribution in [0.3, 0.4) is 0 Å². The minimum Gasteiger partial charge on any atom is -0.388 e. The highest BCUT2D eigenvalue weighted by molar-refractivity contribution is 5.56. The van der Waals surface area contributed by atoms with Gasteiger partial charge in [-0.3, -0.25) is 0 Å². The summed E-state index contributed by atoms with van der Waals surface area (Å²) >= 11 is 0. The smallest absolute Gasteiger partial charge is 0.0816 e. The lowest BCUT2D eigenvalue weighted by atomic mass is 9.91. The predicted molar refractivity (Wildman–Crippen MR) is 85.2 cm³/mol. The number of β-amino-alcohol motifs (C(OH)–C–C–N with tert-alkyl or cyclic N) is 1. The Labute approximate surface area is 123 Å². The molecular weight excluding hydrogens is 248 g/mol. The summed E-state index contributed by atoms with van der Waals surface area (Å²) in [5, 5.41) is 14.0. The van der Waals surface area contributed by atoms with Gasteiger partial charge in [0.15, 0.2) is 0 Å². The van der Waals surface area contributed by atoms with Crippen LogP contribution in [0, 0.1) is 5.92 Å². The molecule has 0 spiro atoms. The van der Waals surface area contributed by atoms with Gasteiger partial charge in [0.1, 0.15) is 0 Å². The Bertz CT molecular complexity index is 442. The molecule has 2 rings (SSSR count). The van der Waals surface area contributed by atoms with Crippen LogP contribution >= 0.6 is 0 Å². The van der Waals surface area contributed by atoms with Crippen molar-refractivity contribution in [3.05, 3.63) is 29.8 Å². The Hall–Kier alpha value is -1.06. The number of hydrogen-bond donors (Lipinski definition) is 2. The first-order valence-corrected chi connectivity index (χ1v) is 7.69. The molecular formula is C17H28N2O. The van der Waals surface area contributed by atoms with Gasteiger partial charge in [0, 0.05) is 24.8 Å². The van der Waals surface area contributed by atoms with Crippen LogP contribution in [0.2, 0.25) is 0 Å². The van der Waals surface area contributed by atoms with E-state index in [0.29, 0.717) is 12.6 Å². The van der Waals surface area contributed by atoms with E-state index in [1.54, 1.807) is 0 Å². The van der Waals surface area contributed by atoms with Crippen LogP contribution in [0.25, 0.3) is 0 Å². The maximum atomic E-state index is 10.6. The third kappa shape index (κ3) is 3.15. The summed E-state index contributed by atoms with van der Waals surface area (Å²) in [5.41, 5.74) is 1.96. The molecule has 0 saturated heterocycles. The molecule has 0 saturated carbocycles. The van der Waals surface area contributed by atoms with E-state index in [2.05, 4.69) is 48.3 Å². The van der Waals surface area contributed by atoms with Crippen LogP contribution in [0.4, 0.5) is 5.69 Å². The van der Waals surface area contributed by atoms with Crippen molar-refractivity contribution in [1.82, 2.24) is 5.32 Å². The summed E-state index contributed by atoms with van der Waals surface area (Å²) in [5.74, 6) is 0.248. The Balaban J connectivity index is 2.30. The van der Waals surface area contributed by atoms with Crippen LogP contribution in [0.1, 0.15) is 45.2 Å². The number of anilines is 1. The summed E-state index contributed by atoms with van der Waals surface area (Å²) in [6.07, 6.45) is 2.29. The van der Waals surface area contributed by atoms with Crippen molar-refractivity contribution in [3.63, 3.8) is 0 Å². The number of aliphatic hydroxyl groups is 1. The maximum absolute atomic E-state index is 10.6. The van der Waals surface area contributed by atoms with E-state index in [1.807, 2.05) is 14.0 Å². The normalized spacial score (nSPS) is 22.3. The van der Waals surface area contributed by atoms with Gasteiger partial charge >= 0.3 is 0 Å². The van der Waals surface area contributed by atoms with Crippen molar-refractivity contribution < 1.29 is 5.11 Å². The Kier molecular flexibility index (Phi) is 4.71. The fourth-order valence-electron chi connectivity index (χ4n) is 2.87. The van der Waals surface area contributed by atoms with E-state index >= 15 is 0 Å². The van der Waals surface area contributed by atoms with Crippen LogP contribution in [-0.2, 0) is 0 Å². The molecule has 2 N–H and O–H groups in total. The van der Waals surface area contributed by atoms with Gasteiger partial charge in [0.05, 0.1) is 5.60 Å². The Morgan fingerprint density at radius 1 is 1.40 bits per heavy atom. The fourth-order valence-corrected chi connectivity index (χ4v) is 2.87. The third-order valence-corrected chi connectivity index (χ3v) is 4.68. The highest BCUT2D eigenvalue weighted by Gasteiger charge is 2.30. The lowest BCUT2D eigenvalue weighted by molar-refractivity contribution is 0.0206. The van der Waals surface area contributed by atoms with Gasteiger partial charge in [-0.2, -0.15) is 0 Å². The number of nitrogens with zero attached hydrogens (tertiary/aromatic N) is 1. The molecule has 0 fully saturated rings. The minimum absolute atomic E-state index is 0.248. The van der Waals surface area contributed by atoms with Crippen molar-refractivity contribution in [2.45, 2.75) is 45.3 Å². The lowest BCUT2D eigenvalue weighted by Gasteiger charge is -2.36. The second-order valence-electron chi connectivity index (χ2n) is 6.48. The first kappa shape index (κ1) is 15.3. The number of nitrogens with one attached hydrogen (secondary N) is 1. The van der Waals surface area contributed by atoms with E-state index < -0.39 is 5.60 Å². The van der Waals surface area contributed by atoms with Gasteiger partial charge in [0.2, 0.25) is 0 Å². The van der Waals surface area contributed by atoms with Crippen molar-refractivity contribution in [2.24, 2.45) is 5.92 Å². The van der Waals surface area contributed by atoms with Gasteiger partial charge in [-0.25, -0.2) is 0 Å². The predicted octanol–water partition coefficient (Wildman–Crippen LogP) is 2.95. The first-order valence-electron chi connectivity index (χ1n) is 7.69. The van der Waals surface area contributed by atoms with Gasteiger partial charge in [-0.1, -0.05) is 32.0 Å². The highest BCUT2D eigenvalue weighted by Crippen LogP contribution is 2.34. The van der Waals surface area contributed by atoms with Gasteiger partial charge in [0.25, 0.3) is 0 Å². The molecule has 1 heterocycles. The molecule has 1 aromatic carbocycles. The Morgan fingerprint density at radius 2 is 2.10 bits per heavy atom. The number of hydrogen-bond acceptors (Lipinski definition) is 3. The van der Waals surface area contributed by atoms with E-state index in [1.165, 1.54) is 11.3 Å². The summed E-state index contributed by atoms with van der Waals surface area (Å²) in [7, 11) is 2.03. The quantitative estimate of drug-likeness (QED) is 0.887.